The lowest BCUT2D eigenvalue weighted by Gasteiger charge is -2.19. The van der Waals surface area contributed by atoms with Crippen LogP contribution in [0.25, 0.3) is 0 Å². The lowest BCUT2D eigenvalue weighted by Crippen LogP contribution is -2.30. The first kappa shape index (κ1) is 19.1. The molecule has 0 bridgehead atoms. The molecule has 0 spiro atoms. The molecule has 2 aromatic carbocycles. The van der Waals surface area contributed by atoms with Crippen molar-refractivity contribution in [3.8, 4) is 0 Å². The van der Waals surface area contributed by atoms with Crippen molar-refractivity contribution in [1.82, 2.24) is 4.90 Å². The number of halogens is 1. The van der Waals surface area contributed by atoms with Crippen molar-refractivity contribution >= 4 is 29.7 Å². The third kappa shape index (κ3) is 4.26. The zero-order valence-corrected chi connectivity index (χ0v) is 15.7. The van der Waals surface area contributed by atoms with Gasteiger partial charge < -0.3 is 15.5 Å². The van der Waals surface area contributed by atoms with E-state index in [-0.39, 0.29) is 18.3 Å². The van der Waals surface area contributed by atoms with Crippen molar-refractivity contribution in [2.45, 2.75) is 26.8 Å². The zero-order chi connectivity index (χ0) is 16.9. The normalized spacial score (nSPS) is 11.9. The van der Waals surface area contributed by atoms with Gasteiger partial charge in [0.1, 0.15) is 0 Å². The molecule has 2 aromatic rings. The summed E-state index contributed by atoms with van der Waals surface area (Å²) in [5, 5.41) is 6.91. The summed E-state index contributed by atoms with van der Waals surface area (Å²) in [5.41, 5.74) is 5.63. The maximum atomic E-state index is 12.5. The molecule has 1 aliphatic heterocycles. The number of anilines is 2. The highest BCUT2D eigenvalue weighted by Crippen LogP contribution is 2.27. The summed E-state index contributed by atoms with van der Waals surface area (Å²) in [6.45, 7) is 7.24. The van der Waals surface area contributed by atoms with Crippen molar-refractivity contribution < 1.29 is 4.79 Å². The van der Waals surface area contributed by atoms with Crippen molar-refractivity contribution in [2.24, 2.45) is 0 Å². The molecule has 0 saturated heterocycles. The number of fused-ring (bicyclic) bond motifs is 1. The second-order valence-corrected chi connectivity index (χ2v) is 6.04. The molecule has 0 unspecified atom stereocenters. The molecule has 0 aromatic heterocycles. The van der Waals surface area contributed by atoms with Crippen LogP contribution in [0, 0.1) is 0 Å². The van der Waals surface area contributed by atoms with Gasteiger partial charge in [-0.1, -0.05) is 24.3 Å². The molecule has 1 aliphatic rings. The first-order chi connectivity index (χ1) is 11.7. The maximum absolute atomic E-state index is 12.5. The second-order valence-electron chi connectivity index (χ2n) is 6.04. The van der Waals surface area contributed by atoms with E-state index in [4.69, 9.17) is 0 Å². The topological polar surface area (TPSA) is 44.4 Å². The predicted octanol–water partition coefficient (Wildman–Crippen LogP) is 4.17. The maximum Gasteiger partial charge on any atom is 0.253 e. The standard InChI is InChI=1S/C20H25N3O.ClH/c1-3-23(4-2)20(24)16-8-6-10-18(13-16)22-14-17-9-5-7-15-11-12-21-19(15)17;/h5-10,13,21-22H,3-4,11-12,14H2,1-2H3;1H. The highest BCUT2D eigenvalue weighted by atomic mass is 35.5. The van der Waals surface area contributed by atoms with Crippen LogP contribution in [0.3, 0.4) is 0 Å². The van der Waals surface area contributed by atoms with Crippen molar-refractivity contribution in [3.63, 3.8) is 0 Å². The Morgan fingerprint density at radius 2 is 1.92 bits per heavy atom. The van der Waals surface area contributed by atoms with Gasteiger partial charge in [0.25, 0.3) is 5.91 Å². The minimum absolute atomic E-state index is 0. The summed E-state index contributed by atoms with van der Waals surface area (Å²) in [7, 11) is 0. The van der Waals surface area contributed by atoms with E-state index in [0.717, 1.165) is 43.9 Å². The molecule has 3 rings (SSSR count). The minimum Gasteiger partial charge on any atom is -0.384 e. The summed E-state index contributed by atoms with van der Waals surface area (Å²) < 4.78 is 0. The van der Waals surface area contributed by atoms with Gasteiger partial charge in [-0.05, 0) is 49.6 Å². The number of amides is 1. The number of nitrogens with one attached hydrogen (secondary N) is 2. The van der Waals surface area contributed by atoms with Gasteiger partial charge in [-0.2, -0.15) is 0 Å². The second kappa shape index (κ2) is 8.77. The fourth-order valence-electron chi connectivity index (χ4n) is 3.21. The van der Waals surface area contributed by atoms with Crippen LogP contribution in [0.2, 0.25) is 0 Å². The number of rotatable bonds is 6. The molecular formula is C20H26ClN3O. The van der Waals surface area contributed by atoms with Gasteiger partial charge in [-0.25, -0.2) is 0 Å². The number of nitrogens with zero attached hydrogens (tertiary/aromatic N) is 1. The summed E-state index contributed by atoms with van der Waals surface area (Å²) in [5.74, 6) is 0.0888. The number of hydrogen-bond acceptors (Lipinski definition) is 3. The smallest absolute Gasteiger partial charge is 0.253 e. The van der Waals surface area contributed by atoms with Gasteiger partial charge in [0.05, 0.1) is 0 Å². The molecule has 0 saturated carbocycles. The molecule has 134 valence electrons. The molecule has 0 aliphatic carbocycles. The fourth-order valence-corrected chi connectivity index (χ4v) is 3.21. The highest BCUT2D eigenvalue weighted by Gasteiger charge is 2.14. The SMILES string of the molecule is CCN(CC)C(=O)c1cccc(NCc2cccc3c2NCC3)c1.Cl. The van der Waals surface area contributed by atoms with Crippen LogP contribution in [-0.4, -0.2) is 30.4 Å². The monoisotopic (exact) mass is 359 g/mol. The Morgan fingerprint density at radius 1 is 1.16 bits per heavy atom. The summed E-state index contributed by atoms with van der Waals surface area (Å²) in [6, 6.07) is 14.2. The van der Waals surface area contributed by atoms with Crippen LogP contribution in [0.15, 0.2) is 42.5 Å². The largest absolute Gasteiger partial charge is 0.384 e. The number of benzene rings is 2. The molecule has 1 amide bonds. The molecule has 0 atom stereocenters. The van der Waals surface area contributed by atoms with Crippen molar-refractivity contribution in [1.29, 1.82) is 0 Å². The molecule has 2 N–H and O–H groups in total. The van der Waals surface area contributed by atoms with Crippen LogP contribution < -0.4 is 10.6 Å². The van der Waals surface area contributed by atoms with E-state index in [1.54, 1.807) is 0 Å². The average Bonchev–Trinajstić information content (AvgIpc) is 3.10. The van der Waals surface area contributed by atoms with Gasteiger partial charge >= 0.3 is 0 Å². The Balaban J connectivity index is 0.00000225. The lowest BCUT2D eigenvalue weighted by atomic mass is 10.1. The number of carbonyl (C=O) groups is 1. The summed E-state index contributed by atoms with van der Waals surface area (Å²) >= 11 is 0. The van der Waals surface area contributed by atoms with E-state index in [1.165, 1.54) is 16.8 Å². The Labute approximate surface area is 156 Å². The first-order valence-electron chi connectivity index (χ1n) is 8.70. The Hall–Kier alpha value is -2.20. The van der Waals surface area contributed by atoms with Gasteiger partial charge in [0, 0.05) is 43.1 Å². The molecule has 0 radical (unpaired) electrons. The molecule has 0 fully saturated rings. The number of para-hydroxylation sites is 1. The highest BCUT2D eigenvalue weighted by molar-refractivity contribution is 5.95. The third-order valence-corrected chi connectivity index (χ3v) is 4.58. The van der Waals surface area contributed by atoms with Crippen molar-refractivity contribution in [2.75, 3.05) is 30.3 Å². The van der Waals surface area contributed by atoms with Gasteiger partial charge in [-0.3, -0.25) is 4.79 Å². The van der Waals surface area contributed by atoms with Gasteiger partial charge in [-0.15, -0.1) is 12.4 Å². The Kier molecular flexibility index (Phi) is 6.71. The Bertz CT molecular complexity index is 729. The van der Waals surface area contributed by atoms with Gasteiger partial charge in [0.2, 0.25) is 0 Å². The molecule has 1 heterocycles. The fraction of sp³-hybridized carbons (Fsp3) is 0.350. The molecule has 25 heavy (non-hydrogen) atoms. The quantitative estimate of drug-likeness (QED) is 0.813. The molecule has 4 nitrogen and oxygen atoms in total. The average molecular weight is 360 g/mol. The Morgan fingerprint density at radius 3 is 2.68 bits per heavy atom. The van der Waals surface area contributed by atoms with E-state index >= 15 is 0 Å². The van der Waals surface area contributed by atoms with Crippen LogP contribution in [0.4, 0.5) is 11.4 Å². The first-order valence-corrected chi connectivity index (χ1v) is 8.70. The molecule has 5 heteroatoms. The van der Waals surface area contributed by atoms with Gasteiger partial charge in [0.15, 0.2) is 0 Å². The third-order valence-electron chi connectivity index (χ3n) is 4.58. The number of carbonyl (C=O) groups excluding carboxylic acids is 1. The summed E-state index contributed by atoms with van der Waals surface area (Å²) in [6.07, 6.45) is 1.09. The minimum atomic E-state index is 0. The lowest BCUT2D eigenvalue weighted by molar-refractivity contribution is 0.0773. The van der Waals surface area contributed by atoms with Crippen molar-refractivity contribution in [3.05, 3.63) is 59.2 Å². The van der Waals surface area contributed by atoms with Crippen LogP contribution in [0.5, 0.6) is 0 Å². The molecular weight excluding hydrogens is 334 g/mol. The van der Waals surface area contributed by atoms with E-state index in [1.807, 2.05) is 43.0 Å². The van der Waals surface area contributed by atoms with E-state index < -0.39 is 0 Å². The van der Waals surface area contributed by atoms with Crippen LogP contribution in [-0.2, 0) is 13.0 Å². The number of hydrogen-bond donors (Lipinski definition) is 2. The van der Waals surface area contributed by atoms with E-state index in [2.05, 4.69) is 28.8 Å². The van der Waals surface area contributed by atoms with Crippen LogP contribution >= 0.6 is 12.4 Å². The predicted molar refractivity (Wildman–Crippen MR) is 107 cm³/mol. The zero-order valence-electron chi connectivity index (χ0n) is 14.8. The van der Waals surface area contributed by atoms with E-state index in [0.29, 0.717) is 0 Å². The summed E-state index contributed by atoms with van der Waals surface area (Å²) in [4.78, 5) is 14.3. The van der Waals surface area contributed by atoms with Crippen LogP contribution in [0.1, 0.15) is 35.3 Å². The van der Waals surface area contributed by atoms with E-state index in [9.17, 15) is 4.79 Å².